The van der Waals surface area contributed by atoms with Gasteiger partial charge in [-0.25, -0.2) is 0 Å². The number of amides is 1. The number of carbonyl (C=O) groups excluding carboxylic acids is 1. The quantitative estimate of drug-likeness (QED) is 0.721. The smallest absolute Gasteiger partial charge is 0.310 e. The van der Waals surface area contributed by atoms with Crippen molar-refractivity contribution >= 4 is 17.6 Å². The molecule has 1 amide bonds. The van der Waals surface area contributed by atoms with Gasteiger partial charge in [0.05, 0.1) is 5.41 Å². The summed E-state index contributed by atoms with van der Waals surface area (Å²) in [6.07, 6.45) is -0.0454. The fraction of sp³-hybridized carbons (Fsp3) is 0.500. The molecule has 1 atom stereocenters. The van der Waals surface area contributed by atoms with Crippen LogP contribution in [0.4, 0.5) is 5.69 Å². The minimum absolute atomic E-state index is 0.0454. The van der Waals surface area contributed by atoms with Crippen LogP contribution < -0.4 is 10.6 Å². The first-order chi connectivity index (χ1) is 9.79. The number of carboxylic acid groups (broad SMARTS) is 1. The third-order valence-electron chi connectivity index (χ3n) is 3.88. The molecule has 1 unspecified atom stereocenters. The Labute approximate surface area is 125 Å². The summed E-state index contributed by atoms with van der Waals surface area (Å²) in [5.74, 6) is -1.36. The summed E-state index contributed by atoms with van der Waals surface area (Å²) in [4.78, 5) is 23.5. The summed E-state index contributed by atoms with van der Waals surface area (Å²) in [7, 11) is 1.85. The van der Waals surface area contributed by atoms with Gasteiger partial charge in [0.2, 0.25) is 5.91 Å². The summed E-state index contributed by atoms with van der Waals surface area (Å²) in [5, 5.41) is 15.2. The first-order valence-electron chi connectivity index (χ1n) is 7.06. The molecule has 1 aromatic carbocycles. The number of carbonyl (C=O) groups is 2. The van der Waals surface area contributed by atoms with Crippen LogP contribution >= 0.6 is 0 Å². The maximum Gasteiger partial charge on any atom is 0.310 e. The fourth-order valence-corrected chi connectivity index (χ4v) is 2.03. The third-order valence-corrected chi connectivity index (χ3v) is 3.88. The van der Waals surface area contributed by atoms with Gasteiger partial charge in [0.15, 0.2) is 0 Å². The van der Waals surface area contributed by atoms with E-state index >= 15 is 0 Å². The Bertz CT molecular complexity index is 514. The maximum absolute atomic E-state index is 12.1. The van der Waals surface area contributed by atoms with Gasteiger partial charge in [0.1, 0.15) is 0 Å². The molecule has 0 aliphatic heterocycles. The Morgan fingerprint density at radius 2 is 2.00 bits per heavy atom. The predicted molar refractivity (Wildman–Crippen MR) is 83.0 cm³/mol. The van der Waals surface area contributed by atoms with Crippen LogP contribution in [0.15, 0.2) is 24.3 Å². The highest BCUT2D eigenvalue weighted by Gasteiger charge is 2.38. The summed E-state index contributed by atoms with van der Waals surface area (Å²) < 4.78 is 0. The molecular formula is C16H24N2O3. The highest BCUT2D eigenvalue weighted by atomic mass is 16.4. The lowest BCUT2D eigenvalue weighted by Crippen LogP contribution is -2.37. The molecule has 5 nitrogen and oxygen atoms in total. The summed E-state index contributed by atoms with van der Waals surface area (Å²) in [6.45, 7) is 5.95. The summed E-state index contributed by atoms with van der Waals surface area (Å²) in [5.41, 5.74) is 0.677. The van der Waals surface area contributed by atoms with E-state index in [0.29, 0.717) is 12.2 Å². The first-order valence-corrected chi connectivity index (χ1v) is 7.06. The van der Waals surface area contributed by atoms with Crippen molar-refractivity contribution in [3.63, 3.8) is 0 Å². The lowest BCUT2D eigenvalue weighted by atomic mass is 9.76. The highest BCUT2D eigenvalue weighted by molar-refractivity contribution is 5.94. The fourth-order valence-electron chi connectivity index (χ4n) is 2.03. The van der Waals surface area contributed by atoms with Gasteiger partial charge in [-0.1, -0.05) is 26.0 Å². The van der Waals surface area contributed by atoms with Gasteiger partial charge in [-0.2, -0.15) is 0 Å². The number of aliphatic carboxylic acids is 1. The molecular weight excluding hydrogens is 268 g/mol. The maximum atomic E-state index is 12.1. The second-order valence-electron chi connectivity index (χ2n) is 5.83. The molecule has 0 aromatic heterocycles. The third kappa shape index (κ3) is 4.56. The van der Waals surface area contributed by atoms with Crippen LogP contribution in [0.25, 0.3) is 0 Å². The number of hydrogen-bond acceptors (Lipinski definition) is 3. The van der Waals surface area contributed by atoms with Crippen molar-refractivity contribution in [1.82, 2.24) is 5.32 Å². The molecule has 5 heteroatoms. The van der Waals surface area contributed by atoms with Crippen molar-refractivity contribution in [2.45, 2.75) is 33.7 Å². The molecule has 0 fully saturated rings. The van der Waals surface area contributed by atoms with Crippen molar-refractivity contribution in [1.29, 1.82) is 0 Å². The van der Waals surface area contributed by atoms with E-state index < -0.39 is 11.4 Å². The summed E-state index contributed by atoms with van der Waals surface area (Å²) >= 11 is 0. The van der Waals surface area contributed by atoms with Crippen LogP contribution in [-0.4, -0.2) is 24.0 Å². The van der Waals surface area contributed by atoms with Gasteiger partial charge in [-0.15, -0.1) is 0 Å². The molecule has 0 saturated carbocycles. The molecule has 116 valence electrons. The topological polar surface area (TPSA) is 78.4 Å². The van der Waals surface area contributed by atoms with Crippen LogP contribution in [0.5, 0.6) is 0 Å². The standard InChI is InChI=1S/C16H24N2O3/c1-11(2)16(3,15(20)21)9-14(19)18-13-7-5-6-12(8-13)10-17-4/h5-8,11,17H,9-10H2,1-4H3,(H,18,19)(H,20,21). The average Bonchev–Trinajstić information content (AvgIpc) is 2.38. The van der Waals surface area contributed by atoms with E-state index in [9.17, 15) is 14.7 Å². The molecule has 1 rings (SSSR count). The normalized spacial score (nSPS) is 13.8. The molecule has 0 aliphatic rings. The van der Waals surface area contributed by atoms with E-state index in [-0.39, 0.29) is 18.2 Å². The molecule has 0 spiro atoms. The van der Waals surface area contributed by atoms with Gasteiger partial charge in [-0.05, 0) is 37.6 Å². The van der Waals surface area contributed by atoms with E-state index in [1.165, 1.54) is 0 Å². The molecule has 0 aliphatic carbocycles. The molecule has 0 radical (unpaired) electrons. The Kier molecular flexibility index (Phi) is 5.90. The zero-order valence-corrected chi connectivity index (χ0v) is 13.1. The van der Waals surface area contributed by atoms with Crippen molar-refractivity contribution < 1.29 is 14.7 Å². The molecule has 0 saturated heterocycles. The van der Waals surface area contributed by atoms with Crippen LogP contribution in [0.1, 0.15) is 32.8 Å². The SMILES string of the molecule is CNCc1cccc(NC(=O)CC(C)(C(=O)O)C(C)C)c1. The number of nitrogens with one attached hydrogen (secondary N) is 2. The van der Waals surface area contributed by atoms with Crippen LogP contribution in [0.3, 0.4) is 0 Å². The lowest BCUT2D eigenvalue weighted by Gasteiger charge is -2.28. The molecule has 0 heterocycles. The Morgan fingerprint density at radius 1 is 1.33 bits per heavy atom. The van der Waals surface area contributed by atoms with Gasteiger partial charge in [0, 0.05) is 18.7 Å². The zero-order chi connectivity index (χ0) is 16.0. The lowest BCUT2D eigenvalue weighted by molar-refractivity contribution is -0.153. The largest absolute Gasteiger partial charge is 0.481 e. The Balaban J connectivity index is 2.77. The highest BCUT2D eigenvalue weighted by Crippen LogP contribution is 2.31. The minimum atomic E-state index is -1.06. The van der Waals surface area contributed by atoms with Crippen molar-refractivity contribution in [2.24, 2.45) is 11.3 Å². The van der Waals surface area contributed by atoms with Gasteiger partial charge >= 0.3 is 5.97 Å². The zero-order valence-electron chi connectivity index (χ0n) is 13.1. The van der Waals surface area contributed by atoms with Gasteiger partial charge < -0.3 is 15.7 Å². The second-order valence-corrected chi connectivity index (χ2v) is 5.83. The Hall–Kier alpha value is -1.88. The first kappa shape index (κ1) is 17.2. The summed E-state index contributed by atoms with van der Waals surface area (Å²) in [6, 6.07) is 7.50. The van der Waals surface area contributed by atoms with E-state index in [1.807, 2.05) is 39.1 Å². The Morgan fingerprint density at radius 3 is 2.52 bits per heavy atom. The monoisotopic (exact) mass is 292 g/mol. The van der Waals surface area contributed by atoms with E-state index in [2.05, 4.69) is 10.6 Å². The predicted octanol–water partition coefficient (Wildman–Crippen LogP) is 2.48. The molecule has 21 heavy (non-hydrogen) atoms. The minimum Gasteiger partial charge on any atom is -0.481 e. The number of benzene rings is 1. The van der Waals surface area contributed by atoms with Gasteiger partial charge in [-0.3, -0.25) is 9.59 Å². The number of rotatable bonds is 7. The van der Waals surface area contributed by atoms with Crippen LogP contribution in [0, 0.1) is 11.3 Å². The van der Waals surface area contributed by atoms with Crippen LogP contribution in [-0.2, 0) is 16.1 Å². The van der Waals surface area contributed by atoms with E-state index in [1.54, 1.807) is 13.0 Å². The average molecular weight is 292 g/mol. The van der Waals surface area contributed by atoms with Crippen molar-refractivity contribution in [3.05, 3.63) is 29.8 Å². The van der Waals surface area contributed by atoms with Gasteiger partial charge in [0.25, 0.3) is 0 Å². The molecule has 0 bridgehead atoms. The second kappa shape index (κ2) is 7.22. The van der Waals surface area contributed by atoms with E-state index in [0.717, 1.165) is 5.56 Å². The van der Waals surface area contributed by atoms with Crippen molar-refractivity contribution in [3.8, 4) is 0 Å². The number of anilines is 1. The number of hydrogen-bond donors (Lipinski definition) is 3. The van der Waals surface area contributed by atoms with Crippen LogP contribution in [0.2, 0.25) is 0 Å². The molecule has 3 N–H and O–H groups in total. The molecule has 1 aromatic rings. The van der Waals surface area contributed by atoms with E-state index in [4.69, 9.17) is 0 Å². The number of carboxylic acids is 1. The van der Waals surface area contributed by atoms with Crippen molar-refractivity contribution in [2.75, 3.05) is 12.4 Å².